The molecule has 0 N–H and O–H groups in total. The smallest absolute Gasteiger partial charge is 0.268 e. The molecule has 0 saturated carbocycles. The van der Waals surface area contributed by atoms with Gasteiger partial charge in [-0.2, -0.15) is 5.10 Å². The van der Waals surface area contributed by atoms with Crippen LogP contribution in [0.15, 0.2) is 4.90 Å². The van der Waals surface area contributed by atoms with Crippen molar-refractivity contribution in [3.05, 3.63) is 11.4 Å². The first kappa shape index (κ1) is 13.5. The highest BCUT2D eigenvalue weighted by molar-refractivity contribution is 7.89. The maximum atomic E-state index is 12.6. The molecule has 6 nitrogen and oxygen atoms in total. The third-order valence-electron chi connectivity index (χ3n) is 3.10. The fourth-order valence-electron chi connectivity index (χ4n) is 2.23. The van der Waals surface area contributed by atoms with Crippen molar-refractivity contribution in [2.45, 2.75) is 38.0 Å². The molecule has 1 aliphatic rings. The van der Waals surface area contributed by atoms with Crippen LogP contribution in [0.2, 0.25) is 0 Å². The minimum absolute atomic E-state index is 0.330. The molecule has 0 atom stereocenters. The second-order valence-electron chi connectivity index (χ2n) is 4.27. The highest BCUT2D eigenvalue weighted by Gasteiger charge is 2.34. The van der Waals surface area contributed by atoms with E-state index < -0.39 is 10.0 Å². The molecule has 0 bridgehead atoms. The second-order valence-corrected chi connectivity index (χ2v) is 6.04. The Bertz CT molecular complexity index is 530. The van der Waals surface area contributed by atoms with Crippen LogP contribution in [0.5, 0.6) is 0 Å². The van der Waals surface area contributed by atoms with Gasteiger partial charge in [0, 0.05) is 13.6 Å². The van der Waals surface area contributed by atoms with Gasteiger partial charge in [0.2, 0.25) is 0 Å². The molecule has 102 valence electrons. The van der Waals surface area contributed by atoms with Crippen LogP contribution in [0.1, 0.15) is 31.7 Å². The Morgan fingerprint density at radius 3 is 2.56 bits per heavy atom. The van der Waals surface area contributed by atoms with Crippen LogP contribution in [-0.4, -0.2) is 35.8 Å². The number of nitrogens with zero attached hydrogens (tertiary/aromatic N) is 3. The van der Waals surface area contributed by atoms with E-state index in [4.69, 9.17) is 4.84 Å². The van der Waals surface area contributed by atoms with Gasteiger partial charge in [0.15, 0.2) is 0 Å². The van der Waals surface area contributed by atoms with Crippen LogP contribution >= 0.6 is 0 Å². The zero-order valence-corrected chi connectivity index (χ0v) is 11.8. The van der Waals surface area contributed by atoms with Crippen molar-refractivity contribution in [3.63, 3.8) is 0 Å². The molecule has 0 radical (unpaired) electrons. The standard InChI is InChI=1S/C11H19N3O3S/c1-4-9-11(10(5-2)13(3)12-9)18(15,16)14-7-6-8-17-14/h4-8H2,1-3H3. The lowest BCUT2D eigenvalue weighted by Gasteiger charge is -2.15. The van der Waals surface area contributed by atoms with Crippen molar-refractivity contribution in [2.24, 2.45) is 7.05 Å². The summed E-state index contributed by atoms with van der Waals surface area (Å²) in [6.07, 6.45) is 1.96. The van der Waals surface area contributed by atoms with Crippen molar-refractivity contribution in [1.29, 1.82) is 0 Å². The highest BCUT2D eigenvalue weighted by atomic mass is 32.2. The van der Waals surface area contributed by atoms with Crippen molar-refractivity contribution in [3.8, 4) is 0 Å². The molecule has 1 aromatic rings. The zero-order chi connectivity index (χ0) is 13.3. The highest BCUT2D eigenvalue weighted by Crippen LogP contribution is 2.27. The van der Waals surface area contributed by atoms with E-state index in [0.29, 0.717) is 36.6 Å². The Balaban J connectivity index is 2.55. The van der Waals surface area contributed by atoms with E-state index >= 15 is 0 Å². The van der Waals surface area contributed by atoms with Crippen LogP contribution < -0.4 is 0 Å². The first-order valence-electron chi connectivity index (χ1n) is 6.22. The lowest BCUT2D eigenvalue weighted by molar-refractivity contribution is -0.0285. The zero-order valence-electron chi connectivity index (χ0n) is 11.0. The van der Waals surface area contributed by atoms with Crippen LogP contribution in [0.4, 0.5) is 0 Å². The van der Waals surface area contributed by atoms with E-state index in [0.717, 1.165) is 16.6 Å². The number of sulfonamides is 1. The SMILES string of the molecule is CCc1nn(C)c(CC)c1S(=O)(=O)N1CCCO1. The fraction of sp³-hybridized carbons (Fsp3) is 0.727. The van der Waals surface area contributed by atoms with Crippen molar-refractivity contribution in [1.82, 2.24) is 14.2 Å². The van der Waals surface area contributed by atoms with Crippen LogP contribution in [-0.2, 0) is 34.8 Å². The molecule has 2 heterocycles. The van der Waals surface area contributed by atoms with Crippen molar-refractivity contribution in [2.75, 3.05) is 13.2 Å². The van der Waals surface area contributed by atoms with Crippen LogP contribution in [0.25, 0.3) is 0 Å². The second kappa shape index (κ2) is 4.99. The summed E-state index contributed by atoms with van der Waals surface area (Å²) in [6.45, 7) is 4.72. The summed E-state index contributed by atoms with van der Waals surface area (Å²) < 4.78 is 27.9. The minimum atomic E-state index is -3.58. The van der Waals surface area contributed by atoms with Crippen LogP contribution in [0, 0.1) is 0 Å². The summed E-state index contributed by atoms with van der Waals surface area (Å²) in [5.41, 5.74) is 1.35. The summed E-state index contributed by atoms with van der Waals surface area (Å²) in [4.78, 5) is 5.52. The Morgan fingerprint density at radius 2 is 2.06 bits per heavy atom. The molecule has 0 aromatic carbocycles. The van der Waals surface area contributed by atoms with E-state index in [1.807, 2.05) is 13.8 Å². The fourth-order valence-corrected chi connectivity index (χ4v) is 4.08. The lowest BCUT2D eigenvalue weighted by atomic mass is 10.2. The molecule has 1 fully saturated rings. The summed E-state index contributed by atoms with van der Waals surface area (Å²) in [6, 6.07) is 0. The lowest BCUT2D eigenvalue weighted by Crippen LogP contribution is -2.28. The normalized spacial score (nSPS) is 17.5. The van der Waals surface area contributed by atoms with Gasteiger partial charge in [-0.3, -0.25) is 9.52 Å². The van der Waals surface area contributed by atoms with Gasteiger partial charge in [0.25, 0.3) is 10.0 Å². The molecule has 0 spiro atoms. The van der Waals surface area contributed by atoms with Gasteiger partial charge in [-0.15, -0.1) is 0 Å². The molecule has 1 aromatic heterocycles. The number of aryl methyl sites for hydroxylation is 2. The maximum absolute atomic E-state index is 12.6. The Morgan fingerprint density at radius 1 is 1.33 bits per heavy atom. The molecular formula is C11H19N3O3S. The van der Waals surface area contributed by atoms with Gasteiger partial charge in [-0.25, -0.2) is 8.42 Å². The predicted octanol–water partition coefficient (Wildman–Crippen LogP) is 0.871. The summed E-state index contributed by atoms with van der Waals surface area (Å²) in [7, 11) is -1.80. The molecule has 0 unspecified atom stereocenters. The van der Waals surface area contributed by atoms with Gasteiger partial charge < -0.3 is 0 Å². The van der Waals surface area contributed by atoms with Gasteiger partial charge in [-0.05, 0) is 19.3 Å². The first-order valence-corrected chi connectivity index (χ1v) is 7.66. The van der Waals surface area contributed by atoms with E-state index in [2.05, 4.69) is 5.10 Å². The third-order valence-corrected chi connectivity index (χ3v) is 4.91. The van der Waals surface area contributed by atoms with Crippen molar-refractivity contribution >= 4 is 10.0 Å². The number of hydrogen-bond acceptors (Lipinski definition) is 4. The Labute approximate surface area is 108 Å². The Hall–Kier alpha value is -0.920. The molecule has 1 saturated heterocycles. The molecule has 1 aliphatic heterocycles. The number of rotatable bonds is 4. The van der Waals surface area contributed by atoms with E-state index in [1.54, 1.807) is 11.7 Å². The van der Waals surface area contributed by atoms with E-state index in [1.165, 1.54) is 0 Å². The average molecular weight is 273 g/mol. The van der Waals surface area contributed by atoms with Crippen molar-refractivity contribution < 1.29 is 13.3 Å². The Kier molecular flexibility index (Phi) is 3.74. The quantitative estimate of drug-likeness (QED) is 0.816. The predicted molar refractivity (Wildman–Crippen MR) is 66.4 cm³/mol. The molecule has 18 heavy (non-hydrogen) atoms. The van der Waals surface area contributed by atoms with Gasteiger partial charge in [0.1, 0.15) is 4.90 Å². The molecule has 7 heteroatoms. The molecule has 0 aliphatic carbocycles. The van der Waals surface area contributed by atoms with Gasteiger partial charge in [0.05, 0.1) is 18.0 Å². The van der Waals surface area contributed by atoms with Gasteiger partial charge >= 0.3 is 0 Å². The van der Waals surface area contributed by atoms with E-state index in [9.17, 15) is 8.42 Å². The largest absolute Gasteiger partial charge is 0.284 e. The molecule has 2 rings (SSSR count). The monoisotopic (exact) mass is 273 g/mol. The molecule has 0 amide bonds. The summed E-state index contributed by atoms with van der Waals surface area (Å²) in [5.74, 6) is 0. The number of hydroxylamine groups is 1. The molecular weight excluding hydrogens is 254 g/mol. The first-order chi connectivity index (χ1) is 8.52. The summed E-state index contributed by atoms with van der Waals surface area (Å²) in [5, 5.41) is 4.29. The summed E-state index contributed by atoms with van der Waals surface area (Å²) >= 11 is 0. The number of hydrogen-bond donors (Lipinski definition) is 0. The number of aromatic nitrogens is 2. The van der Waals surface area contributed by atoms with E-state index in [-0.39, 0.29) is 0 Å². The maximum Gasteiger partial charge on any atom is 0.268 e. The average Bonchev–Trinajstić information content (AvgIpc) is 2.95. The van der Waals surface area contributed by atoms with Crippen LogP contribution in [0.3, 0.4) is 0 Å². The minimum Gasteiger partial charge on any atom is -0.284 e. The van der Waals surface area contributed by atoms with Gasteiger partial charge in [-0.1, -0.05) is 18.3 Å². The third kappa shape index (κ3) is 2.06. The topological polar surface area (TPSA) is 64.4 Å².